The number of hydrogen-bond acceptors (Lipinski definition) is 5. The quantitative estimate of drug-likeness (QED) is 0.609. The van der Waals surface area contributed by atoms with Crippen molar-refractivity contribution in [2.75, 3.05) is 7.05 Å². The highest BCUT2D eigenvalue weighted by Gasteiger charge is 2.49. The minimum Gasteiger partial charge on any atom is -0.477 e. The van der Waals surface area contributed by atoms with Gasteiger partial charge in [-0.1, -0.05) is 0 Å². The summed E-state index contributed by atoms with van der Waals surface area (Å²) in [6.07, 6.45) is 3.42. The first-order valence-corrected chi connectivity index (χ1v) is 7.84. The molecule has 0 bridgehead atoms. The summed E-state index contributed by atoms with van der Waals surface area (Å²) in [6, 6.07) is 0. The van der Waals surface area contributed by atoms with Gasteiger partial charge in [-0.25, -0.2) is 9.78 Å². The van der Waals surface area contributed by atoms with Crippen LogP contribution in [0.3, 0.4) is 0 Å². The summed E-state index contributed by atoms with van der Waals surface area (Å²) in [7, 11) is 1.72. The summed E-state index contributed by atoms with van der Waals surface area (Å²) in [5, 5.41) is 10.2. The second-order valence-corrected chi connectivity index (χ2v) is 6.49. The molecule has 1 N–H and O–H groups in total. The number of imidazole rings is 1. The Morgan fingerprint density at radius 2 is 2.22 bits per heavy atom. The van der Waals surface area contributed by atoms with E-state index >= 15 is 0 Å². The molecule has 0 saturated carbocycles. The number of carbonyl (C=O) groups excluding carboxylic acids is 2. The Morgan fingerprint density at radius 3 is 2.96 bits per heavy atom. The molecule has 118 valence electrons. The molecule has 0 aromatic carbocycles. The zero-order valence-corrected chi connectivity index (χ0v) is 12.9. The molecule has 23 heavy (non-hydrogen) atoms. The van der Waals surface area contributed by atoms with Crippen molar-refractivity contribution in [2.24, 2.45) is 0 Å². The normalized spacial score (nSPS) is 24.5. The topological polar surface area (TPSA) is 95.7 Å². The number of aromatic nitrogens is 2. The number of carboxylic acids is 1. The van der Waals surface area contributed by atoms with E-state index in [-0.39, 0.29) is 29.4 Å². The zero-order valence-electron chi connectivity index (χ0n) is 12.1. The van der Waals surface area contributed by atoms with Crippen LogP contribution in [0.4, 0.5) is 0 Å². The molecule has 0 radical (unpaired) electrons. The van der Waals surface area contributed by atoms with Crippen LogP contribution in [0, 0.1) is 0 Å². The van der Waals surface area contributed by atoms with Crippen molar-refractivity contribution in [3.8, 4) is 0 Å². The minimum atomic E-state index is -1.11. The van der Waals surface area contributed by atoms with Crippen molar-refractivity contribution < 1.29 is 19.5 Å². The molecule has 1 atom stereocenters. The number of likely N-dealkylation sites (N-methyl/N-ethyl adjacent to an activating group) is 1. The molecule has 0 aliphatic carbocycles. The highest BCUT2D eigenvalue weighted by atomic mass is 32.2. The van der Waals surface area contributed by atoms with E-state index in [0.29, 0.717) is 17.8 Å². The maximum absolute atomic E-state index is 12.2. The Balaban J connectivity index is 1.59. The first kappa shape index (κ1) is 14.1. The van der Waals surface area contributed by atoms with E-state index in [0.717, 1.165) is 5.82 Å². The number of thioether (sulfide) groups is 1. The summed E-state index contributed by atoms with van der Waals surface area (Å²) in [6.45, 7) is 0.677. The van der Waals surface area contributed by atoms with Crippen LogP contribution in [0.2, 0.25) is 0 Å². The molecular weight excluding hydrogens is 320 g/mol. The summed E-state index contributed by atoms with van der Waals surface area (Å²) < 4.78 is 1.78. The van der Waals surface area contributed by atoms with E-state index in [4.69, 9.17) is 5.11 Å². The van der Waals surface area contributed by atoms with Gasteiger partial charge in [0.2, 0.25) is 5.91 Å². The summed E-state index contributed by atoms with van der Waals surface area (Å²) in [5.74, 6) is -0.633. The van der Waals surface area contributed by atoms with Crippen molar-refractivity contribution in [3.05, 3.63) is 34.4 Å². The predicted octanol–water partition coefficient (Wildman–Crippen LogP) is 0.0796. The molecule has 1 aromatic heterocycles. The Hall–Kier alpha value is -2.55. The number of fused-ring (bicyclic) bond motifs is 2. The van der Waals surface area contributed by atoms with E-state index in [1.165, 1.54) is 22.1 Å². The van der Waals surface area contributed by atoms with E-state index < -0.39 is 5.97 Å². The molecule has 3 aliphatic heterocycles. The monoisotopic (exact) mass is 332 g/mol. The number of carboxylic acid groups (broad SMARTS) is 1. The molecule has 2 amide bonds. The Morgan fingerprint density at radius 1 is 1.43 bits per heavy atom. The molecule has 1 saturated heterocycles. The van der Waals surface area contributed by atoms with Crippen LogP contribution in [0.15, 0.2) is 22.9 Å². The summed E-state index contributed by atoms with van der Waals surface area (Å²) >= 11 is 1.29. The van der Waals surface area contributed by atoms with Crippen LogP contribution in [0.5, 0.6) is 0 Å². The first-order chi connectivity index (χ1) is 11.0. The van der Waals surface area contributed by atoms with Crippen LogP contribution < -0.4 is 0 Å². The SMILES string of the molecule is CN1Cc2nc(C=C3C(=O)N4C(C(=O)O)=CS[C@H]34)cn2CC1=O. The molecule has 0 unspecified atom stereocenters. The first-order valence-electron chi connectivity index (χ1n) is 6.90. The molecule has 8 nitrogen and oxygen atoms in total. The number of nitrogens with zero attached hydrogens (tertiary/aromatic N) is 4. The van der Waals surface area contributed by atoms with Gasteiger partial charge in [-0.3, -0.25) is 14.5 Å². The van der Waals surface area contributed by atoms with Crippen molar-refractivity contribution >= 4 is 35.6 Å². The van der Waals surface area contributed by atoms with Gasteiger partial charge in [-0.05, 0) is 6.08 Å². The number of rotatable bonds is 2. The lowest BCUT2D eigenvalue weighted by atomic mass is 10.0. The number of hydrogen-bond donors (Lipinski definition) is 1. The highest BCUT2D eigenvalue weighted by Crippen LogP contribution is 2.45. The van der Waals surface area contributed by atoms with Crippen molar-refractivity contribution in [2.45, 2.75) is 18.5 Å². The maximum Gasteiger partial charge on any atom is 0.353 e. The smallest absolute Gasteiger partial charge is 0.353 e. The fraction of sp³-hybridized carbons (Fsp3) is 0.286. The molecule has 1 aromatic rings. The van der Waals surface area contributed by atoms with Crippen LogP contribution >= 0.6 is 11.8 Å². The largest absolute Gasteiger partial charge is 0.477 e. The third kappa shape index (κ3) is 2.00. The molecule has 1 fully saturated rings. The van der Waals surface area contributed by atoms with Crippen molar-refractivity contribution in [1.82, 2.24) is 19.4 Å². The van der Waals surface area contributed by atoms with Gasteiger partial charge in [-0.2, -0.15) is 0 Å². The van der Waals surface area contributed by atoms with Gasteiger partial charge in [0.1, 0.15) is 23.4 Å². The second kappa shape index (κ2) is 4.72. The van der Waals surface area contributed by atoms with Crippen LogP contribution in [-0.4, -0.2) is 54.7 Å². The van der Waals surface area contributed by atoms with E-state index in [2.05, 4.69) is 4.98 Å². The maximum atomic E-state index is 12.2. The average Bonchev–Trinajstić information content (AvgIpc) is 3.06. The van der Waals surface area contributed by atoms with Crippen LogP contribution in [-0.2, 0) is 27.5 Å². The van der Waals surface area contributed by atoms with Gasteiger partial charge in [0.25, 0.3) is 5.91 Å². The minimum absolute atomic E-state index is 0.0125. The standard InChI is InChI=1S/C14H12N4O4S/c1-16-4-10-15-7(3-17(10)5-11(16)19)2-8-12(20)18-9(14(21)22)6-23-13(8)18/h2-3,6,13H,4-5H2,1H3,(H,21,22)/t13-/m1/s1. The van der Waals surface area contributed by atoms with Gasteiger partial charge in [-0.15, -0.1) is 11.8 Å². The van der Waals surface area contributed by atoms with E-state index in [9.17, 15) is 14.4 Å². The van der Waals surface area contributed by atoms with E-state index in [1.54, 1.807) is 28.8 Å². The lowest BCUT2D eigenvalue weighted by Gasteiger charge is -2.36. The fourth-order valence-corrected chi connectivity index (χ4v) is 3.92. The fourth-order valence-electron chi connectivity index (χ4n) is 2.80. The van der Waals surface area contributed by atoms with Crippen LogP contribution in [0.25, 0.3) is 6.08 Å². The van der Waals surface area contributed by atoms with Gasteiger partial charge >= 0.3 is 5.97 Å². The number of β-lactam (4-membered cyclic amide) rings is 1. The van der Waals surface area contributed by atoms with Crippen molar-refractivity contribution in [1.29, 1.82) is 0 Å². The Kier molecular flexibility index (Phi) is 2.89. The van der Waals surface area contributed by atoms with E-state index in [1.807, 2.05) is 0 Å². The molecular formula is C14H12N4O4S. The number of amides is 2. The van der Waals surface area contributed by atoms with Gasteiger partial charge < -0.3 is 14.6 Å². The zero-order chi connectivity index (χ0) is 16.3. The number of carbonyl (C=O) groups is 3. The molecule has 9 heteroatoms. The second-order valence-electron chi connectivity index (χ2n) is 5.53. The summed E-state index contributed by atoms with van der Waals surface area (Å²) in [5.41, 5.74) is 1.15. The Labute approximate surface area is 135 Å². The van der Waals surface area contributed by atoms with Crippen molar-refractivity contribution in [3.63, 3.8) is 0 Å². The molecule has 0 spiro atoms. The highest BCUT2D eigenvalue weighted by molar-refractivity contribution is 8.03. The molecule has 4 rings (SSSR count). The Bertz CT molecular complexity index is 825. The third-order valence-electron chi connectivity index (χ3n) is 4.04. The lowest BCUT2D eigenvalue weighted by Crippen LogP contribution is -2.51. The third-order valence-corrected chi connectivity index (χ3v) is 5.13. The lowest BCUT2D eigenvalue weighted by molar-refractivity contribution is -0.141. The predicted molar refractivity (Wildman–Crippen MR) is 80.6 cm³/mol. The van der Waals surface area contributed by atoms with Gasteiger partial charge in [0.15, 0.2) is 0 Å². The molecule has 4 heterocycles. The van der Waals surface area contributed by atoms with Crippen LogP contribution in [0.1, 0.15) is 11.5 Å². The number of aliphatic carboxylic acids is 1. The van der Waals surface area contributed by atoms with Gasteiger partial charge in [0.05, 0.1) is 17.8 Å². The average molecular weight is 332 g/mol. The molecule has 3 aliphatic rings. The van der Waals surface area contributed by atoms with Gasteiger partial charge in [0, 0.05) is 18.7 Å². The summed E-state index contributed by atoms with van der Waals surface area (Å²) in [4.78, 5) is 42.2.